The Kier molecular flexibility index (Phi) is 6.09. The van der Waals surface area contributed by atoms with E-state index in [1.54, 1.807) is 17.0 Å². The Morgan fingerprint density at radius 1 is 1.38 bits per heavy atom. The van der Waals surface area contributed by atoms with E-state index in [1.165, 1.54) is 17.7 Å². The SMILES string of the molecule is Cc1n[nH]c(C)c1CCCNC(=O)C(c1cccc(F)c1)N(C)C. The first kappa shape index (κ1) is 18.1. The van der Waals surface area contributed by atoms with Gasteiger partial charge in [0.25, 0.3) is 0 Å². The summed E-state index contributed by atoms with van der Waals surface area (Å²) in [4.78, 5) is 14.3. The number of aromatic amines is 1. The first-order valence-corrected chi connectivity index (χ1v) is 8.10. The molecule has 0 saturated heterocycles. The highest BCUT2D eigenvalue weighted by atomic mass is 19.1. The number of amides is 1. The number of halogens is 1. The number of nitrogens with one attached hydrogen (secondary N) is 2. The third kappa shape index (κ3) is 4.41. The summed E-state index contributed by atoms with van der Waals surface area (Å²) in [7, 11) is 3.63. The standard InChI is InChI=1S/C18H25FN4O/c1-12-16(13(2)22-21-12)9-6-10-20-18(24)17(23(3)4)14-7-5-8-15(19)11-14/h5,7-8,11,17H,6,9-10H2,1-4H3,(H,20,24)(H,21,22). The van der Waals surface area contributed by atoms with Crippen LogP contribution >= 0.6 is 0 Å². The smallest absolute Gasteiger partial charge is 0.241 e. The van der Waals surface area contributed by atoms with E-state index in [0.717, 1.165) is 24.2 Å². The number of aromatic nitrogens is 2. The van der Waals surface area contributed by atoms with Crippen molar-refractivity contribution < 1.29 is 9.18 Å². The molecule has 1 aromatic heterocycles. The number of H-pyrrole nitrogens is 1. The minimum absolute atomic E-state index is 0.119. The van der Waals surface area contributed by atoms with E-state index < -0.39 is 6.04 Å². The van der Waals surface area contributed by atoms with Crippen molar-refractivity contribution in [1.82, 2.24) is 20.4 Å². The molecule has 24 heavy (non-hydrogen) atoms. The summed E-state index contributed by atoms with van der Waals surface area (Å²) in [5, 5.41) is 10.1. The highest BCUT2D eigenvalue weighted by Gasteiger charge is 2.22. The molecule has 0 spiro atoms. The zero-order chi connectivity index (χ0) is 17.7. The Bertz CT molecular complexity index is 677. The van der Waals surface area contributed by atoms with E-state index in [0.29, 0.717) is 12.1 Å². The summed E-state index contributed by atoms with van der Waals surface area (Å²) in [6, 6.07) is 5.68. The maximum absolute atomic E-state index is 13.4. The third-order valence-electron chi connectivity index (χ3n) is 4.11. The van der Waals surface area contributed by atoms with Gasteiger partial charge in [-0.15, -0.1) is 0 Å². The average molecular weight is 332 g/mol. The molecule has 2 N–H and O–H groups in total. The normalized spacial score (nSPS) is 12.4. The van der Waals surface area contributed by atoms with Gasteiger partial charge in [0.15, 0.2) is 0 Å². The van der Waals surface area contributed by atoms with Crippen LogP contribution in [-0.2, 0) is 11.2 Å². The van der Waals surface area contributed by atoms with Gasteiger partial charge in [-0.25, -0.2) is 4.39 Å². The number of hydrogen-bond donors (Lipinski definition) is 2. The Balaban J connectivity index is 1.92. The molecule has 0 saturated carbocycles. The second kappa shape index (κ2) is 8.06. The molecule has 2 aromatic rings. The summed E-state index contributed by atoms with van der Waals surface area (Å²) in [6.07, 6.45) is 1.69. The van der Waals surface area contributed by atoms with Crippen molar-refractivity contribution in [3.05, 3.63) is 52.6 Å². The van der Waals surface area contributed by atoms with Gasteiger partial charge in [-0.1, -0.05) is 12.1 Å². The number of nitrogens with zero attached hydrogens (tertiary/aromatic N) is 2. The van der Waals surface area contributed by atoms with Gasteiger partial charge in [-0.3, -0.25) is 14.8 Å². The van der Waals surface area contributed by atoms with Crippen LogP contribution in [0.3, 0.4) is 0 Å². The van der Waals surface area contributed by atoms with Crippen LogP contribution in [0.15, 0.2) is 24.3 Å². The number of rotatable bonds is 7. The van der Waals surface area contributed by atoms with Crippen molar-refractivity contribution in [3.63, 3.8) is 0 Å². The molecule has 130 valence electrons. The Hall–Kier alpha value is -2.21. The molecule has 5 nitrogen and oxygen atoms in total. The molecular formula is C18H25FN4O. The molecule has 0 aliphatic heterocycles. The Labute approximate surface area is 142 Å². The van der Waals surface area contributed by atoms with E-state index in [2.05, 4.69) is 15.5 Å². The second-order valence-electron chi connectivity index (χ2n) is 6.23. The van der Waals surface area contributed by atoms with Crippen molar-refractivity contribution in [2.75, 3.05) is 20.6 Å². The Morgan fingerprint density at radius 2 is 2.12 bits per heavy atom. The molecule has 6 heteroatoms. The zero-order valence-electron chi connectivity index (χ0n) is 14.7. The molecule has 1 atom stereocenters. The molecule has 2 rings (SSSR count). The molecule has 0 radical (unpaired) electrons. The van der Waals surface area contributed by atoms with E-state index in [1.807, 2.05) is 27.9 Å². The van der Waals surface area contributed by atoms with Gasteiger partial charge in [0.1, 0.15) is 11.9 Å². The van der Waals surface area contributed by atoms with Gasteiger partial charge in [0.05, 0.1) is 5.69 Å². The summed E-state index contributed by atoms with van der Waals surface area (Å²) in [5.74, 6) is -0.454. The van der Waals surface area contributed by atoms with Crippen molar-refractivity contribution in [2.24, 2.45) is 0 Å². The highest BCUT2D eigenvalue weighted by Crippen LogP contribution is 2.19. The van der Waals surface area contributed by atoms with Gasteiger partial charge < -0.3 is 5.32 Å². The van der Waals surface area contributed by atoms with Crippen LogP contribution in [0, 0.1) is 19.7 Å². The lowest BCUT2D eigenvalue weighted by atomic mass is 10.0. The first-order valence-electron chi connectivity index (χ1n) is 8.10. The zero-order valence-corrected chi connectivity index (χ0v) is 14.7. The van der Waals surface area contributed by atoms with Crippen molar-refractivity contribution in [3.8, 4) is 0 Å². The fourth-order valence-corrected chi connectivity index (χ4v) is 2.88. The van der Waals surface area contributed by atoms with Gasteiger partial charge >= 0.3 is 0 Å². The van der Waals surface area contributed by atoms with E-state index >= 15 is 0 Å². The minimum atomic E-state index is -0.502. The third-order valence-corrected chi connectivity index (χ3v) is 4.11. The lowest BCUT2D eigenvalue weighted by molar-refractivity contribution is -0.125. The van der Waals surface area contributed by atoms with E-state index in [4.69, 9.17) is 0 Å². The molecule has 1 aromatic carbocycles. The molecule has 0 aliphatic rings. The molecule has 0 aliphatic carbocycles. The average Bonchev–Trinajstić information content (AvgIpc) is 2.83. The van der Waals surface area contributed by atoms with Crippen LogP contribution in [0.2, 0.25) is 0 Å². The van der Waals surface area contributed by atoms with Crippen LogP contribution in [0.5, 0.6) is 0 Å². The summed E-state index contributed by atoms with van der Waals surface area (Å²) < 4.78 is 13.4. The van der Waals surface area contributed by atoms with Crippen LogP contribution < -0.4 is 5.32 Å². The molecule has 0 bridgehead atoms. The molecule has 1 amide bonds. The van der Waals surface area contributed by atoms with E-state index in [9.17, 15) is 9.18 Å². The fourth-order valence-electron chi connectivity index (χ4n) is 2.88. The molecular weight excluding hydrogens is 307 g/mol. The number of carbonyl (C=O) groups is 1. The molecule has 1 unspecified atom stereocenters. The molecule has 0 fully saturated rings. The maximum atomic E-state index is 13.4. The predicted molar refractivity (Wildman–Crippen MR) is 92.2 cm³/mol. The topological polar surface area (TPSA) is 61.0 Å². The first-order chi connectivity index (χ1) is 11.4. The number of hydrogen-bond acceptors (Lipinski definition) is 3. The van der Waals surface area contributed by atoms with Gasteiger partial charge in [0, 0.05) is 12.2 Å². The van der Waals surface area contributed by atoms with Crippen molar-refractivity contribution in [1.29, 1.82) is 0 Å². The van der Waals surface area contributed by atoms with Crippen LogP contribution in [0.25, 0.3) is 0 Å². The van der Waals surface area contributed by atoms with Gasteiger partial charge in [-0.2, -0.15) is 5.10 Å². The lowest BCUT2D eigenvalue weighted by Crippen LogP contribution is -2.37. The fraction of sp³-hybridized carbons (Fsp3) is 0.444. The Morgan fingerprint density at radius 3 is 2.71 bits per heavy atom. The lowest BCUT2D eigenvalue weighted by Gasteiger charge is -2.24. The predicted octanol–water partition coefficient (Wildman–Crippen LogP) is 2.52. The maximum Gasteiger partial charge on any atom is 0.241 e. The van der Waals surface area contributed by atoms with Crippen LogP contribution in [-0.4, -0.2) is 41.6 Å². The minimum Gasteiger partial charge on any atom is -0.354 e. The monoisotopic (exact) mass is 332 g/mol. The van der Waals surface area contributed by atoms with Crippen molar-refractivity contribution >= 4 is 5.91 Å². The number of likely N-dealkylation sites (N-methyl/N-ethyl adjacent to an activating group) is 1. The van der Waals surface area contributed by atoms with Crippen molar-refractivity contribution in [2.45, 2.75) is 32.7 Å². The number of carbonyl (C=O) groups excluding carboxylic acids is 1. The summed E-state index contributed by atoms with van der Waals surface area (Å²) >= 11 is 0. The highest BCUT2D eigenvalue weighted by molar-refractivity contribution is 5.83. The summed E-state index contributed by atoms with van der Waals surface area (Å²) in [5.41, 5.74) is 3.94. The largest absolute Gasteiger partial charge is 0.354 e. The number of aryl methyl sites for hydroxylation is 2. The van der Waals surface area contributed by atoms with Gasteiger partial charge in [0.2, 0.25) is 5.91 Å². The second-order valence-corrected chi connectivity index (χ2v) is 6.23. The number of benzene rings is 1. The molecule has 1 heterocycles. The van der Waals surface area contributed by atoms with Crippen LogP contribution in [0.4, 0.5) is 4.39 Å². The van der Waals surface area contributed by atoms with E-state index in [-0.39, 0.29) is 11.7 Å². The van der Waals surface area contributed by atoms with Crippen LogP contribution in [0.1, 0.15) is 35.0 Å². The van der Waals surface area contributed by atoms with Gasteiger partial charge in [-0.05, 0) is 64.0 Å². The summed E-state index contributed by atoms with van der Waals surface area (Å²) in [6.45, 7) is 4.55. The quantitative estimate of drug-likeness (QED) is 0.766.